The molecule has 0 heterocycles. The monoisotopic (exact) mass is 206 g/mol. The fourth-order valence-electron chi connectivity index (χ4n) is 1.96. The molecule has 86 valence electrons. The molecule has 0 heteroatoms. The first-order valence-electron chi connectivity index (χ1n) is 6.22. The lowest BCUT2D eigenvalue weighted by Gasteiger charge is -2.10. The van der Waals surface area contributed by atoms with E-state index in [2.05, 4.69) is 39.8 Å². The molecular formula is C15H26. The van der Waals surface area contributed by atoms with Crippen molar-refractivity contribution in [2.45, 2.75) is 60.8 Å². The Hall–Kier alpha value is -0.780. The van der Waals surface area contributed by atoms with Crippen LogP contribution in [-0.2, 0) is 6.42 Å². The van der Waals surface area contributed by atoms with E-state index in [4.69, 9.17) is 0 Å². The molecule has 15 heavy (non-hydrogen) atoms. The average molecular weight is 206 g/mol. The fourth-order valence-corrected chi connectivity index (χ4v) is 1.96. The molecule has 0 unspecified atom stereocenters. The van der Waals surface area contributed by atoms with Crippen LogP contribution in [0.1, 0.15) is 55.9 Å². The summed E-state index contributed by atoms with van der Waals surface area (Å²) in [4.78, 5) is 0. The third-order valence-corrected chi connectivity index (χ3v) is 2.62. The van der Waals surface area contributed by atoms with E-state index in [0.29, 0.717) is 0 Å². The molecular weight excluding hydrogens is 180 g/mol. The molecule has 1 aromatic rings. The van der Waals surface area contributed by atoms with E-state index in [1.165, 1.54) is 36.0 Å². The van der Waals surface area contributed by atoms with Gasteiger partial charge in [-0.3, -0.25) is 0 Å². The van der Waals surface area contributed by atoms with Gasteiger partial charge in [0, 0.05) is 0 Å². The van der Waals surface area contributed by atoms with Crippen molar-refractivity contribution in [1.29, 1.82) is 0 Å². The maximum absolute atomic E-state index is 2.29. The molecule has 0 aromatic heterocycles. The van der Waals surface area contributed by atoms with Crippen molar-refractivity contribution in [1.82, 2.24) is 0 Å². The van der Waals surface area contributed by atoms with Gasteiger partial charge in [-0.15, -0.1) is 0 Å². The molecule has 0 fully saturated rings. The Labute approximate surface area is 95.7 Å². The molecule has 0 radical (unpaired) electrons. The highest BCUT2D eigenvalue weighted by Crippen LogP contribution is 2.18. The van der Waals surface area contributed by atoms with Gasteiger partial charge in [0.2, 0.25) is 0 Å². The van der Waals surface area contributed by atoms with Gasteiger partial charge in [-0.25, -0.2) is 0 Å². The highest BCUT2D eigenvalue weighted by Gasteiger charge is 2.02. The highest BCUT2D eigenvalue weighted by molar-refractivity contribution is 5.37. The molecule has 0 N–H and O–H groups in total. The van der Waals surface area contributed by atoms with Crippen LogP contribution in [0.15, 0.2) is 12.1 Å². The Morgan fingerprint density at radius 3 is 1.80 bits per heavy atom. The Morgan fingerprint density at radius 1 is 0.933 bits per heavy atom. The minimum atomic E-state index is 1.24. The second kappa shape index (κ2) is 7.50. The summed E-state index contributed by atoms with van der Waals surface area (Å²) in [5, 5.41) is 0. The molecule has 1 rings (SSSR count). The van der Waals surface area contributed by atoms with E-state index in [1.807, 2.05) is 13.8 Å². The van der Waals surface area contributed by atoms with Crippen molar-refractivity contribution < 1.29 is 0 Å². The molecule has 0 aliphatic carbocycles. The molecule has 0 atom stereocenters. The van der Waals surface area contributed by atoms with E-state index in [-0.39, 0.29) is 0 Å². The smallest absolute Gasteiger partial charge is 0.0274 e. The van der Waals surface area contributed by atoms with Crippen LogP contribution in [0.3, 0.4) is 0 Å². The topological polar surface area (TPSA) is 0 Å². The van der Waals surface area contributed by atoms with Crippen LogP contribution in [0.25, 0.3) is 0 Å². The van der Waals surface area contributed by atoms with E-state index < -0.39 is 0 Å². The van der Waals surface area contributed by atoms with E-state index in [0.717, 1.165) is 0 Å². The van der Waals surface area contributed by atoms with Gasteiger partial charge in [0.1, 0.15) is 0 Å². The normalized spacial score (nSPS) is 9.47. The number of aryl methyl sites for hydroxylation is 3. The second-order valence-corrected chi connectivity index (χ2v) is 3.98. The van der Waals surface area contributed by atoms with Gasteiger partial charge < -0.3 is 0 Å². The van der Waals surface area contributed by atoms with Crippen LogP contribution in [0.4, 0.5) is 0 Å². The maximum Gasteiger partial charge on any atom is -0.0274 e. The van der Waals surface area contributed by atoms with Gasteiger partial charge in [0.15, 0.2) is 0 Å². The summed E-state index contributed by atoms with van der Waals surface area (Å²) in [6, 6.07) is 4.58. The van der Waals surface area contributed by atoms with Crippen LogP contribution in [0.5, 0.6) is 0 Å². The standard InChI is InChI=1S/C13H20.C2H6/c1-5-6-7-13-11(3)8-10(2)9-12(13)4;1-2/h8-9H,5-7H2,1-4H3;1-2H3. The van der Waals surface area contributed by atoms with Crippen molar-refractivity contribution in [3.05, 3.63) is 34.4 Å². The molecule has 0 nitrogen and oxygen atoms in total. The zero-order valence-corrected chi connectivity index (χ0v) is 11.3. The number of hydrogen-bond donors (Lipinski definition) is 0. The van der Waals surface area contributed by atoms with Gasteiger partial charge in [0.25, 0.3) is 0 Å². The fraction of sp³-hybridized carbons (Fsp3) is 0.600. The molecule has 0 aliphatic rings. The Kier molecular flexibility index (Phi) is 7.11. The largest absolute Gasteiger partial charge is 0.0683 e. The lowest BCUT2D eigenvalue weighted by molar-refractivity contribution is 0.787. The lowest BCUT2D eigenvalue weighted by Crippen LogP contribution is -1.94. The van der Waals surface area contributed by atoms with Crippen molar-refractivity contribution in [2.75, 3.05) is 0 Å². The average Bonchev–Trinajstić information content (AvgIpc) is 2.19. The first-order valence-corrected chi connectivity index (χ1v) is 6.22. The predicted molar refractivity (Wildman–Crippen MR) is 70.6 cm³/mol. The molecule has 0 saturated carbocycles. The number of unbranched alkanes of at least 4 members (excludes halogenated alkanes) is 1. The summed E-state index contributed by atoms with van der Waals surface area (Å²) >= 11 is 0. The number of rotatable bonds is 3. The van der Waals surface area contributed by atoms with Gasteiger partial charge >= 0.3 is 0 Å². The van der Waals surface area contributed by atoms with Crippen LogP contribution in [0, 0.1) is 20.8 Å². The van der Waals surface area contributed by atoms with E-state index in [9.17, 15) is 0 Å². The summed E-state index contributed by atoms with van der Waals surface area (Å²) in [5.74, 6) is 0. The minimum Gasteiger partial charge on any atom is -0.0683 e. The number of hydrogen-bond acceptors (Lipinski definition) is 0. The Bertz CT molecular complexity index is 261. The van der Waals surface area contributed by atoms with Gasteiger partial charge in [-0.05, 0) is 50.3 Å². The Morgan fingerprint density at radius 2 is 1.40 bits per heavy atom. The summed E-state index contributed by atoms with van der Waals surface area (Å²) in [7, 11) is 0. The molecule has 1 aromatic carbocycles. The van der Waals surface area contributed by atoms with Crippen LogP contribution in [0.2, 0.25) is 0 Å². The molecule has 0 bridgehead atoms. The third-order valence-electron chi connectivity index (χ3n) is 2.62. The van der Waals surface area contributed by atoms with Crippen LogP contribution in [-0.4, -0.2) is 0 Å². The predicted octanol–water partition coefficient (Wildman–Crippen LogP) is 4.98. The van der Waals surface area contributed by atoms with Gasteiger partial charge in [-0.2, -0.15) is 0 Å². The summed E-state index contributed by atoms with van der Waals surface area (Å²) in [6.45, 7) is 12.9. The van der Waals surface area contributed by atoms with E-state index in [1.54, 1.807) is 5.56 Å². The summed E-state index contributed by atoms with van der Waals surface area (Å²) < 4.78 is 0. The SMILES string of the molecule is CC.CCCCc1c(C)cc(C)cc1C. The van der Waals surface area contributed by atoms with Gasteiger partial charge in [-0.1, -0.05) is 44.9 Å². The molecule has 0 aliphatic heterocycles. The van der Waals surface area contributed by atoms with Crippen molar-refractivity contribution in [3.8, 4) is 0 Å². The van der Waals surface area contributed by atoms with Crippen molar-refractivity contribution in [2.24, 2.45) is 0 Å². The number of benzene rings is 1. The van der Waals surface area contributed by atoms with E-state index >= 15 is 0 Å². The second-order valence-electron chi connectivity index (χ2n) is 3.98. The highest BCUT2D eigenvalue weighted by atomic mass is 14.1. The van der Waals surface area contributed by atoms with Crippen molar-refractivity contribution in [3.63, 3.8) is 0 Å². The maximum atomic E-state index is 2.29. The summed E-state index contributed by atoms with van der Waals surface area (Å²) in [6.07, 6.45) is 3.84. The third kappa shape index (κ3) is 4.51. The first kappa shape index (κ1) is 14.2. The lowest BCUT2D eigenvalue weighted by atomic mass is 9.96. The molecule has 0 amide bonds. The van der Waals surface area contributed by atoms with Crippen LogP contribution < -0.4 is 0 Å². The van der Waals surface area contributed by atoms with Crippen LogP contribution >= 0.6 is 0 Å². The summed E-state index contributed by atoms with van der Waals surface area (Å²) in [5.41, 5.74) is 5.87. The van der Waals surface area contributed by atoms with Crippen molar-refractivity contribution >= 4 is 0 Å². The first-order chi connectivity index (χ1) is 7.15. The van der Waals surface area contributed by atoms with Gasteiger partial charge in [0.05, 0.1) is 0 Å². The minimum absolute atomic E-state index is 1.24. The molecule has 0 saturated heterocycles. The zero-order chi connectivity index (χ0) is 11.8. The zero-order valence-electron chi connectivity index (χ0n) is 11.3. The Balaban J connectivity index is 0.000000921. The quantitative estimate of drug-likeness (QED) is 0.654. The molecule has 0 spiro atoms.